The predicted octanol–water partition coefficient (Wildman–Crippen LogP) is 1.60. The van der Waals surface area contributed by atoms with Crippen LogP contribution in [-0.4, -0.2) is 47.9 Å². The highest BCUT2D eigenvalue weighted by molar-refractivity contribution is 5.94. The zero-order valence-electron chi connectivity index (χ0n) is 19.7. The summed E-state index contributed by atoms with van der Waals surface area (Å²) in [6.45, 7) is 1.51. The van der Waals surface area contributed by atoms with Crippen molar-refractivity contribution < 1.29 is 23.9 Å². The number of rotatable bonds is 5. The minimum atomic E-state index is -1.05. The number of hydrogen-bond acceptors (Lipinski definition) is 6. The van der Waals surface area contributed by atoms with Crippen LogP contribution in [0.5, 0.6) is 0 Å². The molecule has 9 heteroatoms. The molecule has 0 spiro atoms. The first kappa shape index (κ1) is 25.7. The fourth-order valence-corrected chi connectivity index (χ4v) is 3.95. The molecule has 0 bridgehead atoms. The maximum absolute atomic E-state index is 13.0. The zero-order chi connectivity index (χ0) is 25.2. The van der Waals surface area contributed by atoms with E-state index in [-0.39, 0.29) is 25.7 Å². The Morgan fingerprint density at radius 3 is 2.43 bits per heavy atom. The van der Waals surface area contributed by atoms with Gasteiger partial charge in [-0.15, -0.1) is 0 Å². The van der Waals surface area contributed by atoms with E-state index >= 15 is 0 Å². The fraction of sp³-hybridized carbons (Fsp3) is 0.423. The average Bonchev–Trinajstić information content (AvgIpc) is 2.84. The number of nitriles is 1. The van der Waals surface area contributed by atoms with Crippen LogP contribution in [0.25, 0.3) is 0 Å². The van der Waals surface area contributed by atoms with Gasteiger partial charge >= 0.3 is 5.97 Å². The molecular weight excluding hydrogens is 448 g/mol. The molecule has 3 rings (SSSR count). The second-order valence-electron chi connectivity index (χ2n) is 8.69. The molecule has 9 nitrogen and oxygen atoms in total. The van der Waals surface area contributed by atoms with Crippen molar-refractivity contribution in [2.75, 3.05) is 0 Å². The number of esters is 1. The molecule has 1 aromatic carbocycles. The van der Waals surface area contributed by atoms with Crippen LogP contribution in [0.2, 0.25) is 0 Å². The third-order valence-corrected chi connectivity index (χ3v) is 5.81. The Kier molecular flexibility index (Phi) is 9.18. The number of carbonyl (C=O) groups excluding carboxylic acids is 4. The van der Waals surface area contributed by atoms with Gasteiger partial charge < -0.3 is 20.7 Å². The highest BCUT2D eigenvalue weighted by atomic mass is 16.5. The van der Waals surface area contributed by atoms with Crippen molar-refractivity contribution >= 4 is 23.7 Å². The summed E-state index contributed by atoms with van der Waals surface area (Å²) >= 11 is 0. The number of amides is 3. The Bertz CT molecular complexity index is 1040. The second kappa shape index (κ2) is 12.5. The van der Waals surface area contributed by atoms with Gasteiger partial charge in [0.05, 0.1) is 18.9 Å². The maximum atomic E-state index is 13.0. The number of cyclic esters (lactones) is 1. The molecule has 184 valence electrons. The first-order valence-corrected chi connectivity index (χ1v) is 11.7. The minimum absolute atomic E-state index is 0.153. The summed E-state index contributed by atoms with van der Waals surface area (Å²) in [4.78, 5) is 51.7. The summed E-state index contributed by atoms with van der Waals surface area (Å²) < 4.78 is 5.49. The normalized spacial score (nSPS) is 25.9. The van der Waals surface area contributed by atoms with Crippen LogP contribution >= 0.6 is 0 Å². The van der Waals surface area contributed by atoms with Crippen molar-refractivity contribution in [2.45, 2.75) is 69.7 Å². The molecule has 35 heavy (non-hydrogen) atoms. The molecule has 3 N–H and O–H groups in total. The number of benzene rings is 1. The zero-order valence-corrected chi connectivity index (χ0v) is 19.7. The third kappa shape index (κ3) is 7.81. The van der Waals surface area contributed by atoms with E-state index in [0.717, 1.165) is 24.0 Å². The van der Waals surface area contributed by atoms with Crippen molar-refractivity contribution in [3.8, 4) is 6.07 Å². The Morgan fingerprint density at radius 2 is 1.74 bits per heavy atom. The molecular formula is C26H30N4O5. The first-order chi connectivity index (χ1) is 16.9. The van der Waals surface area contributed by atoms with Crippen LogP contribution in [-0.2, 0) is 30.3 Å². The van der Waals surface area contributed by atoms with Crippen molar-refractivity contribution in [1.82, 2.24) is 16.0 Å². The standard InChI is InChI=1S/C26H30N4O5/c1-17-24(32)30-22(15-19-10-6-3-7-11-19)26(34)35-20(12-13-27)16-23(31)29-21(25(33)28-17)14-18-8-4-2-5-9-18/h3-4,6-11,17,20-22H,2,5,12,14-16H2,1H3,(H,28,33)(H,29,31)(H,30,32)/t17-,20+,21-,22+/m0/s1. The van der Waals surface area contributed by atoms with E-state index in [1.165, 1.54) is 6.92 Å². The van der Waals surface area contributed by atoms with E-state index in [2.05, 4.69) is 16.0 Å². The highest BCUT2D eigenvalue weighted by Crippen LogP contribution is 2.16. The highest BCUT2D eigenvalue weighted by Gasteiger charge is 2.32. The number of nitrogens with zero attached hydrogens (tertiary/aromatic N) is 1. The summed E-state index contributed by atoms with van der Waals surface area (Å²) in [6.07, 6.45) is 6.58. The Morgan fingerprint density at radius 1 is 0.971 bits per heavy atom. The summed E-state index contributed by atoms with van der Waals surface area (Å²) in [5.74, 6) is -2.34. The first-order valence-electron chi connectivity index (χ1n) is 11.7. The fourth-order valence-electron chi connectivity index (χ4n) is 3.95. The SMILES string of the molecule is C[C@@H]1NC(=O)[C@H](CC2=CCCC=C2)NC(=O)C[C@@H](CC#N)OC(=O)[C@@H](Cc2ccccc2)NC1=O. The Labute approximate surface area is 204 Å². The summed E-state index contributed by atoms with van der Waals surface area (Å²) in [5.41, 5.74) is 1.69. The molecule has 1 saturated heterocycles. The number of carbonyl (C=O) groups is 4. The van der Waals surface area contributed by atoms with Crippen molar-refractivity contribution in [3.63, 3.8) is 0 Å². The van der Waals surface area contributed by atoms with Gasteiger partial charge in [0.25, 0.3) is 0 Å². The van der Waals surface area contributed by atoms with Gasteiger partial charge in [0, 0.05) is 12.8 Å². The molecule has 0 aromatic heterocycles. The molecule has 1 aliphatic carbocycles. The topological polar surface area (TPSA) is 137 Å². The van der Waals surface area contributed by atoms with E-state index in [0.29, 0.717) is 0 Å². The van der Waals surface area contributed by atoms with Crippen LogP contribution in [0.4, 0.5) is 0 Å². The second-order valence-corrected chi connectivity index (χ2v) is 8.69. The van der Waals surface area contributed by atoms with Gasteiger partial charge in [-0.25, -0.2) is 4.79 Å². The molecule has 0 unspecified atom stereocenters. The van der Waals surface area contributed by atoms with Crippen molar-refractivity contribution in [3.05, 3.63) is 59.7 Å². The molecule has 1 fully saturated rings. The van der Waals surface area contributed by atoms with E-state index in [1.807, 2.05) is 54.6 Å². The molecule has 0 saturated carbocycles. The van der Waals surface area contributed by atoms with Gasteiger partial charge in [-0.3, -0.25) is 14.4 Å². The molecule has 1 heterocycles. The van der Waals surface area contributed by atoms with E-state index in [1.54, 1.807) is 0 Å². The number of allylic oxidation sites excluding steroid dienone is 3. The minimum Gasteiger partial charge on any atom is -0.459 e. The number of nitrogens with one attached hydrogen (secondary N) is 3. The lowest BCUT2D eigenvalue weighted by molar-refractivity contribution is -0.154. The van der Waals surface area contributed by atoms with Gasteiger partial charge in [0.2, 0.25) is 17.7 Å². The third-order valence-electron chi connectivity index (χ3n) is 5.81. The van der Waals surface area contributed by atoms with Crippen LogP contribution in [0.1, 0.15) is 44.6 Å². The largest absolute Gasteiger partial charge is 0.459 e. The Hall–Kier alpha value is -3.93. The molecule has 3 amide bonds. The summed E-state index contributed by atoms with van der Waals surface area (Å²) in [6, 6.07) is 8.06. The predicted molar refractivity (Wildman–Crippen MR) is 127 cm³/mol. The van der Waals surface area contributed by atoms with Crippen LogP contribution in [0.15, 0.2) is 54.1 Å². The smallest absolute Gasteiger partial charge is 0.329 e. The molecule has 4 atom stereocenters. The summed E-state index contributed by atoms with van der Waals surface area (Å²) in [5, 5.41) is 17.2. The van der Waals surface area contributed by atoms with Gasteiger partial charge in [-0.05, 0) is 30.9 Å². The summed E-state index contributed by atoms with van der Waals surface area (Å²) in [7, 11) is 0. The van der Waals surface area contributed by atoms with Crippen molar-refractivity contribution in [2.24, 2.45) is 0 Å². The number of ether oxygens (including phenoxy) is 1. The lowest BCUT2D eigenvalue weighted by Gasteiger charge is -2.23. The van der Waals surface area contributed by atoms with Crippen molar-refractivity contribution in [1.29, 1.82) is 5.26 Å². The van der Waals surface area contributed by atoms with Gasteiger partial charge in [0.1, 0.15) is 24.2 Å². The number of hydrogen-bond donors (Lipinski definition) is 3. The van der Waals surface area contributed by atoms with E-state index < -0.39 is 47.9 Å². The molecule has 2 aliphatic rings. The van der Waals surface area contributed by atoms with Crippen LogP contribution in [0.3, 0.4) is 0 Å². The lowest BCUT2D eigenvalue weighted by Crippen LogP contribution is -2.54. The van der Waals surface area contributed by atoms with Crippen LogP contribution < -0.4 is 16.0 Å². The Balaban J connectivity index is 1.85. The lowest BCUT2D eigenvalue weighted by atomic mass is 9.99. The van der Waals surface area contributed by atoms with E-state index in [9.17, 15) is 24.4 Å². The molecule has 0 radical (unpaired) electrons. The maximum Gasteiger partial charge on any atom is 0.329 e. The van der Waals surface area contributed by atoms with Gasteiger partial charge in [-0.1, -0.05) is 48.6 Å². The van der Waals surface area contributed by atoms with Gasteiger partial charge in [-0.2, -0.15) is 5.26 Å². The molecule has 1 aromatic rings. The van der Waals surface area contributed by atoms with Gasteiger partial charge in [0.15, 0.2) is 0 Å². The monoisotopic (exact) mass is 478 g/mol. The average molecular weight is 479 g/mol. The van der Waals surface area contributed by atoms with Crippen LogP contribution in [0, 0.1) is 11.3 Å². The van der Waals surface area contributed by atoms with E-state index in [4.69, 9.17) is 4.74 Å². The molecule has 1 aliphatic heterocycles. The quantitative estimate of drug-likeness (QED) is 0.550.